The van der Waals surface area contributed by atoms with Crippen LogP contribution in [-0.2, 0) is 35.3 Å². The fourth-order valence-electron chi connectivity index (χ4n) is 3.28. The van der Waals surface area contributed by atoms with E-state index in [1.54, 1.807) is 30.5 Å². The molecule has 0 saturated heterocycles. The molecule has 4 rings (SSSR count). The normalized spacial score (nSPS) is 11.8. The fourth-order valence-corrected chi connectivity index (χ4v) is 4.69. The van der Waals surface area contributed by atoms with Gasteiger partial charge in [0.25, 0.3) is 0 Å². The van der Waals surface area contributed by atoms with Crippen molar-refractivity contribution in [3.63, 3.8) is 0 Å². The van der Waals surface area contributed by atoms with E-state index in [9.17, 15) is 8.42 Å². The molecule has 166 valence electrons. The van der Waals surface area contributed by atoms with E-state index in [-0.39, 0.29) is 10.8 Å². The molecule has 0 aliphatic heterocycles. The van der Waals surface area contributed by atoms with Crippen molar-refractivity contribution in [2.75, 3.05) is 0 Å². The third-order valence-electron chi connectivity index (χ3n) is 4.95. The van der Waals surface area contributed by atoms with E-state index in [4.69, 9.17) is 16.0 Å². The van der Waals surface area contributed by atoms with E-state index in [0.29, 0.717) is 30.5 Å². The summed E-state index contributed by atoms with van der Waals surface area (Å²) >= 11 is 6.35. The van der Waals surface area contributed by atoms with E-state index in [1.807, 2.05) is 48.2 Å². The lowest BCUT2D eigenvalue weighted by atomic mass is 10.2. The Morgan fingerprint density at radius 1 is 1.00 bits per heavy atom. The molecule has 0 amide bonds. The number of nitrogens with zero attached hydrogens (tertiary/aromatic N) is 5. The van der Waals surface area contributed by atoms with Crippen LogP contribution in [0.3, 0.4) is 0 Å². The van der Waals surface area contributed by atoms with Gasteiger partial charge >= 0.3 is 0 Å². The van der Waals surface area contributed by atoms with E-state index in [1.165, 1.54) is 4.68 Å². The molecule has 4 aromatic rings. The number of sulfone groups is 1. The molecule has 0 N–H and O–H groups in total. The van der Waals surface area contributed by atoms with Crippen LogP contribution in [0.2, 0.25) is 5.02 Å². The van der Waals surface area contributed by atoms with Gasteiger partial charge in [0.05, 0.1) is 24.2 Å². The highest BCUT2D eigenvalue weighted by Crippen LogP contribution is 2.20. The van der Waals surface area contributed by atoms with Gasteiger partial charge in [-0.15, -0.1) is 5.10 Å². The molecule has 0 bridgehead atoms. The summed E-state index contributed by atoms with van der Waals surface area (Å²) in [7, 11) is -3.61. The smallest absolute Gasteiger partial charge is 0.198 e. The number of hydrogen-bond acceptors (Lipinski definition) is 7. The minimum atomic E-state index is -3.61. The summed E-state index contributed by atoms with van der Waals surface area (Å²) in [6.07, 6.45) is 1.61. The van der Waals surface area contributed by atoms with Crippen molar-refractivity contribution in [2.45, 2.75) is 37.3 Å². The Morgan fingerprint density at radius 2 is 1.78 bits per heavy atom. The van der Waals surface area contributed by atoms with Crippen molar-refractivity contribution in [2.24, 2.45) is 0 Å². The van der Waals surface area contributed by atoms with Crippen LogP contribution in [0.15, 0.2) is 76.2 Å². The Morgan fingerprint density at radius 3 is 2.50 bits per heavy atom. The molecule has 8 nitrogen and oxygen atoms in total. The molecule has 32 heavy (non-hydrogen) atoms. The number of aryl methyl sites for hydroxylation is 1. The average molecular weight is 472 g/mol. The molecule has 2 aromatic heterocycles. The minimum absolute atomic E-state index is 0.230. The minimum Gasteiger partial charge on any atom is -0.468 e. The van der Waals surface area contributed by atoms with Gasteiger partial charge < -0.3 is 4.42 Å². The van der Waals surface area contributed by atoms with Crippen LogP contribution in [0, 0.1) is 6.92 Å². The maximum Gasteiger partial charge on any atom is 0.198 e. The van der Waals surface area contributed by atoms with Gasteiger partial charge in [0, 0.05) is 11.6 Å². The summed E-state index contributed by atoms with van der Waals surface area (Å²) < 4.78 is 32.6. The quantitative estimate of drug-likeness (QED) is 0.365. The van der Waals surface area contributed by atoms with Gasteiger partial charge in [-0.2, -0.15) is 0 Å². The van der Waals surface area contributed by atoms with Gasteiger partial charge in [-0.05, 0) is 53.2 Å². The van der Waals surface area contributed by atoms with Crippen LogP contribution in [-0.4, -0.2) is 33.5 Å². The first-order valence-corrected chi connectivity index (χ1v) is 12.0. The largest absolute Gasteiger partial charge is 0.468 e. The van der Waals surface area contributed by atoms with Gasteiger partial charge in [0.1, 0.15) is 5.76 Å². The highest BCUT2D eigenvalue weighted by molar-refractivity contribution is 7.90. The van der Waals surface area contributed by atoms with Crippen molar-refractivity contribution >= 4 is 21.4 Å². The Hall–Kier alpha value is -3.01. The first-order valence-electron chi connectivity index (χ1n) is 9.93. The van der Waals surface area contributed by atoms with Crippen LogP contribution in [0.25, 0.3) is 0 Å². The van der Waals surface area contributed by atoms with Crippen LogP contribution < -0.4 is 0 Å². The predicted octanol–water partition coefficient (Wildman–Crippen LogP) is 3.86. The predicted molar refractivity (Wildman–Crippen MR) is 119 cm³/mol. The summed E-state index contributed by atoms with van der Waals surface area (Å²) in [5.74, 6) is 0.849. The molecule has 2 heterocycles. The molecule has 0 spiro atoms. The first kappa shape index (κ1) is 22.2. The molecule has 0 fully saturated rings. The van der Waals surface area contributed by atoms with Gasteiger partial charge in [0.15, 0.2) is 21.5 Å². The Bertz CT molecular complexity index is 1270. The topological polar surface area (TPSA) is 94.1 Å². The zero-order chi connectivity index (χ0) is 22.6. The van der Waals surface area contributed by atoms with E-state index in [2.05, 4.69) is 15.5 Å². The molecule has 0 unspecified atom stereocenters. The number of halogens is 1. The molecule has 0 atom stereocenters. The molecular formula is C22H22ClN5O3S. The maximum atomic E-state index is 12.9. The summed E-state index contributed by atoms with van der Waals surface area (Å²) in [6.45, 7) is 3.21. The second-order valence-electron chi connectivity index (χ2n) is 7.47. The van der Waals surface area contributed by atoms with Gasteiger partial charge in [-0.3, -0.25) is 4.90 Å². The van der Waals surface area contributed by atoms with Gasteiger partial charge in [-0.25, -0.2) is 13.1 Å². The lowest BCUT2D eigenvalue weighted by Crippen LogP contribution is -2.25. The molecule has 10 heteroatoms. The monoisotopic (exact) mass is 471 g/mol. The zero-order valence-electron chi connectivity index (χ0n) is 17.4. The number of tetrazole rings is 1. The molecule has 0 saturated carbocycles. The average Bonchev–Trinajstić information content (AvgIpc) is 3.42. The third kappa shape index (κ3) is 5.42. The summed E-state index contributed by atoms with van der Waals surface area (Å²) in [5.41, 5.74) is 1.92. The van der Waals surface area contributed by atoms with Crippen molar-refractivity contribution in [1.82, 2.24) is 25.1 Å². The first-order chi connectivity index (χ1) is 15.4. The van der Waals surface area contributed by atoms with Gasteiger partial charge in [0.2, 0.25) is 0 Å². The van der Waals surface area contributed by atoms with Crippen molar-refractivity contribution < 1.29 is 12.8 Å². The number of rotatable bonds is 9. The molecule has 0 aliphatic rings. The molecule has 0 aliphatic carbocycles. The highest BCUT2D eigenvalue weighted by atomic mass is 35.5. The van der Waals surface area contributed by atoms with Crippen LogP contribution in [0.5, 0.6) is 0 Å². The lowest BCUT2D eigenvalue weighted by molar-refractivity contribution is 0.218. The standard InChI is InChI=1S/C22H22ClN5O3S/c1-17-8-10-20(11-9-17)32(29,30)16-28-22(24-25-26-28)15-27(14-19-6-4-12-31-19)13-18-5-2-3-7-21(18)23/h2-12H,13-16H2,1H3. The maximum absolute atomic E-state index is 12.9. The van der Waals surface area contributed by atoms with Crippen LogP contribution >= 0.6 is 11.6 Å². The van der Waals surface area contributed by atoms with E-state index in [0.717, 1.165) is 16.9 Å². The number of aromatic nitrogens is 4. The second kappa shape index (κ2) is 9.64. The van der Waals surface area contributed by atoms with Crippen molar-refractivity contribution in [3.8, 4) is 0 Å². The highest BCUT2D eigenvalue weighted by Gasteiger charge is 2.21. The SMILES string of the molecule is Cc1ccc(S(=O)(=O)Cn2nnnc2CN(Cc2ccco2)Cc2ccccc2Cl)cc1. The Kier molecular flexibility index (Phi) is 6.69. The number of hydrogen-bond donors (Lipinski definition) is 0. The number of benzene rings is 2. The van der Waals surface area contributed by atoms with Crippen molar-refractivity contribution in [1.29, 1.82) is 0 Å². The molecule has 2 aromatic carbocycles. The lowest BCUT2D eigenvalue weighted by Gasteiger charge is -2.21. The summed E-state index contributed by atoms with van der Waals surface area (Å²) in [6, 6.07) is 18.0. The second-order valence-corrected chi connectivity index (χ2v) is 9.83. The number of furan rings is 1. The molecule has 0 radical (unpaired) electrons. The summed E-state index contributed by atoms with van der Waals surface area (Å²) in [4.78, 5) is 2.27. The van der Waals surface area contributed by atoms with E-state index >= 15 is 0 Å². The van der Waals surface area contributed by atoms with Crippen molar-refractivity contribution in [3.05, 3.63) is 94.7 Å². The zero-order valence-corrected chi connectivity index (χ0v) is 19.0. The fraction of sp³-hybridized carbons (Fsp3) is 0.227. The van der Waals surface area contributed by atoms with E-state index < -0.39 is 9.84 Å². The third-order valence-corrected chi connectivity index (χ3v) is 6.90. The van der Waals surface area contributed by atoms with Crippen LogP contribution in [0.1, 0.15) is 22.7 Å². The Labute approximate surface area is 191 Å². The Balaban J connectivity index is 1.56. The summed E-state index contributed by atoms with van der Waals surface area (Å²) in [5, 5.41) is 12.4. The van der Waals surface area contributed by atoms with Gasteiger partial charge in [-0.1, -0.05) is 47.5 Å². The molecular weight excluding hydrogens is 450 g/mol. The van der Waals surface area contributed by atoms with Crippen LogP contribution in [0.4, 0.5) is 0 Å².